The fraction of sp³-hybridized carbons (Fsp3) is 0. The highest BCUT2D eigenvalue weighted by Crippen LogP contribution is 2.18. The monoisotopic (exact) mass is 301 g/mol. The molecule has 3 rings (SSSR count). The number of phenols is 1. The molecule has 3 nitrogen and oxygen atoms in total. The standard InChI is InChI=1S/C20H15NO2/c22-19-9-5-4-8-17(19)14-21-18-12-10-16(11-13-18)20(23)15-6-2-1-3-7-15/h1-14,22H. The summed E-state index contributed by atoms with van der Waals surface area (Å²) in [5, 5.41) is 9.70. The summed E-state index contributed by atoms with van der Waals surface area (Å²) >= 11 is 0. The average Bonchev–Trinajstić information content (AvgIpc) is 2.62. The van der Waals surface area contributed by atoms with Gasteiger partial charge in [0.2, 0.25) is 0 Å². The highest BCUT2D eigenvalue weighted by molar-refractivity contribution is 6.09. The van der Waals surface area contributed by atoms with Crippen molar-refractivity contribution >= 4 is 17.7 Å². The van der Waals surface area contributed by atoms with Crippen LogP contribution in [-0.2, 0) is 0 Å². The Balaban J connectivity index is 1.78. The van der Waals surface area contributed by atoms with Crippen molar-refractivity contribution in [2.24, 2.45) is 4.99 Å². The first-order valence-electron chi connectivity index (χ1n) is 7.26. The van der Waals surface area contributed by atoms with Gasteiger partial charge >= 0.3 is 0 Å². The van der Waals surface area contributed by atoms with E-state index in [0.717, 1.165) is 5.69 Å². The maximum Gasteiger partial charge on any atom is 0.193 e. The summed E-state index contributed by atoms with van der Waals surface area (Å²) in [7, 11) is 0. The first-order valence-corrected chi connectivity index (χ1v) is 7.26. The van der Waals surface area contributed by atoms with E-state index in [1.54, 1.807) is 60.8 Å². The van der Waals surface area contributed by atoms with Gasteiger partial charge in [0.1, 0.15) is 5.75 Å². The molecule has 0 spiro atoms. The number of carbonyl (C=O) groups excluding carboxylic acids is 1. The predicted octanol–water partition coefficient (Wildman–Crippen LogP) is 4.37. The van der Waals surface area contributed by atoms with E-state index in [0.29, 0.717) is 16.7 Å². The smallest absolute Gasteiger partial charge is 0.193 e. The van der Waals surface area contributed by atoms with E-state index < -0.39 is 0 Å². The number of aromatic hydroxyl groups is 1. The SMILES string of the molecule is O=C(c1ccccc1)c1ccc(N=Cc2ccccc2O)cc1. The lowest BCUT2D eigenvalue weighted by Gasteiger charge is -2.02. The first-order chi connectivity index (χ1) is 11.2. The Hall–Kier alpha value is -3.20. The third kappa shape index (κ3) is 3.52. The molecule has 0 unspecified atom stereocenters. The molecule has 3 aromatic rings. The highest BCUT2D eigenvalue weighted by Gasteiger charge is 2.07. The van der Waals surface area contributed by atoms with Crippen LogP contribution >= 0.6 is 0 Å². The quantitative estimate of drug-likeness (QED) is 0.574. The van der Waals surface area contributed by atoms with E-state index in [-0.39, 0.29) is 11.5 Å². The number of rotatable bonds is 4. The molecule has 0 heterocycles. The van der Waals surface area contributed by atoms with Gasteiger partial charge in [-0.1, -0.05) is 42.5 Å². The zero-order chi connectivity index (χ0) is 16.1. The molecule has 0 atom stereocenters. The van der Waals surface area contributed by atoms with Crippen LogP contribution in [0.1, 0.15) is 21.5 Å². The Morgan fingerprint density at radius 2 is 1.39 bits per heavy atom. The molecule has 3 heteroatoms. The fourth-order valence-corrected chi connectivity index (χ4v) is 2.20. The lowest BCUT2D eigenvalue weighted by atomic mass is 10.0. The Kier molecular flexibility index (Phi) is 4.29. The van der Waals surface area contributed by atoms with Crippen LogP contribution in [0.4, 0.5) is 5.69 Å². The topological polar surface area (TPSA) is 49.7 Å². The van der Waals surface area contributed by atoms with Crippen LogP contribution in [-0.4, -0.2) is 17.1 Å². The van der Waals surface area contributed by atoms with Gasteiger partial charge in [-0.2, -0.15) is 0 Å². The van der Waals surface area contributed by atoms with Crippen LogP contribution in [0.5, 0.6) is 5.75 Å². The molecule has 0 fully saturated rings. The van der Waals surface area contributed by atoms with Crippen molar-refractivity contribution < 1.29 is 9.90 Å². The second-order valence-electron chi connectivity index (χ2n) is 5.06. The maximum absolute atomic E-state index is 12.3. The van der Waals surface area contributed by atoms with Gasteiger partial charge in [-0.25, -0.2) is 0 Å². The van der Waals surface area contributed by atoms with E-state index in [4.69, 9.17) is 0 Å². The van der Waals surface area contributed by atoms with E-state index in [2.05, 4.69) is 4.99 Å². The Labute approximate surface area is 134 Å². The van der Waals surface area contributed by atoms with Crippen molar-refractivity contribution in [2.75, 3.05) is 0 Å². The van der Waals surface area contributed by atoms with Crippen LogP contribution in [0, 0.1) is 0 Å². The van der Waals surface area contributed by atoms with Gasteiger partial charge in [0.25, 0.3) is 0 Å². The molecule has 0 saturated carbocycles. The molecule has 112 valence electrons. The Bertz CT molecular complexity index is 837. The maximum atomic E-state index is 12.3. The van der Waals surface area contributed by atoms with Crippen molar-refractivity contribution in [2.45, 2.75) is 0 Å². The number of hydrogen-bond donors (Lipinski definition) is 1. The molecule has 23 heavy (non-hydrogen) atoms. The number of benzene rings is 3. The molecule has 0 bridgehead atoms. The lowest BCUT2D eigenvalue weighted by molar-refractivity contribution is 0.103. The summed E-state index contributed by atoms with van der Waals surface area (Å²) in [6.45, 7) is 0. The molecule has 0 aliphatic rings. The van der Waals surface area contributed by atoms with Crippen LogP contribution in [0.2, 0.25) is 0 Å². The highest BCUT2D eigenvalue weighted by atomic mass is 16.3. The lowest BCUT2D eigenvalue weighted by Crippen LogP contribution is -2.00. The number of phenolic OH excluding ortho intramolecular Hbond substituents is 1. The number of nitrogens with zero attached hydrogens (tertiary/aromatic N) is 1. The molecule has 0 aromatic heterocycles. The minimum Gasteiger partial charge on any atom is -0.507 e. The summed E-state index contributed by atoms with van der Waals surface area (Å²) in [6, 6.07) is 23.2. The van der Waals surface area contributed by atoms with E-state index in [9.17, 15) is 9.90 Å². The van der Waals surface area contributed by atoms with Gasteiger partial charge in [-0.05, 0) is 36.4 Å². The van der Waals surface area contributed by atoms with Crippen molar-refractivity contribution in [3.63, 3.8) is 0 Å². The molecule has 0 saturated heterocycles. The Morgan fingerprint density at radius 1 is 0.783 bits per heavy atom. The number of ketones is 1. The largest absolute Gasteiger partial charge is 0.507 e. The van der Waals surface area contributed by atoms with Gasteiger partial charge in [0, 0.05) is 22.9 Å². The molecule has 3 aromatic carbocycles. The molecule has 0 radical (unpaired) electrons. The average molecular weight is 301 g/mol. The molecule has 0 aliphatic carbocycles. The minimum absolute atomic E-state index is 0.0122. The van der Waals surface area contributed by atoms with Gasteiger partial charge in [-0.3, -0.25) is 9.79 Å². The number of para-hydroxylation sites is 1. The number of aliphatic imine (C=N–C) groups is 1. The van der Waals surface area contributed by atoms with Crippen molar-refractivity contribution in [1.29, 1.82) is 0 Å². The first kappa shape index (κ1) is 14.7. The van der Waals surface area contributed by atoms with Crippen LogP contribution in [0.15, 0.2) is 83.9 Å². The van der Waals surface area contributed by atoms with Crippen LogP contribution in [0.3, 0.4) is 0 Å². The van der Waals surface area contributed by atoms with Crippen molar-refractivity contribution in [3.8, 4) is 5.75 Å². The molecule has 0 aliphatic heterocycles. The third-order valence-corrected chi connectivity index (χ3v) is 3.45. The second kappa shape index (κ2) is 6.71. The fourth-order valence-electron chi connectivity index (χ4n) is 2.20. The van der Waals surface area contributed by atoms with Crippen LogP contribution in [0.25, 0.3) is 0 Å². The van der Waals surface area contributed by atoms with Gasteiger partial charge in [-0.15, -0.1) is 0 Å². The Morgan fingerprint density at radius 3 is 2.09 bits per heavy atom. The molecule has 1 N–H and O–H groups in total. The zero-order valence-corrected chi connectivity index (χ0v) is 12.4. The van der Waals surface area contributed by atoms with E-state index in [1.165, 1.54) is 0 Å². The predicted molar refractivity (Wildman–Crippen MR) is 91.7 cm³/mol. The number of carbonyl (C=O) groups is 1. The summed E-state index contributed by atoms with van der Waals surface area (Å²) in [5.41, 5.74) is 2.66. The zero-order valence-electron chi connectivity index (χ0n) is 12.4. The van der Waals surface area contributed by atoms with Crippen molar-refractivity contribution in [3.05, 3.63) is 95.6 Å². The second-order valence-corrected chi connectivity index (χ2v) is 5.06. The van der Waals surface area contributed by atoms with Gasteiger partial charge in [0.15, 0.2) is 5.78 Å². The van der Waals surface area contributed by atoms with Crippen LogP contribution < -0.4 is 0 Å². The van der Waals surface area contributed by atoms with Crippen molar-refractivity contribution in [1.82, 2.24) is 0 Å². The molecule has 0 amide bonds. The summed E-state index contributed by atoms with van der Waals surface area (Å²) in [6.07, 6.45) is 1.60. The summed E-state index contributed by atoms with van der Waals surface area (Å²) in [4.78, 5) is 16.6. The molecular weight excluding hydrogens is 286 g/mol. The third-order valence-electron chi connectivity index (χ3n) is 3.45. The number of hydrogen-bond acceptors (Lipinski definition) is 3. The van der Waals surface area contributed by atoms with Gasteiger partial charge < -0.3 is 5.11 Å². The van der Waals surface area contributed by atoms with E-state index in [1.807, 2.05) is 24.3 Å². The van der Waals surface area contributed by atoms with Gasteiger partial charge in [0.05, 0.1) is 5.69 Å². The minimum atomic E-state index is -0.0122. The van der Waals surface area contributed by atoms with E-state index >= 15 is 0 Å². The molecular formula is C20H15NO2. The normalized spacial score (nSPS) is 10.8. The summed E-state index contributed by atoms with van der Waals surface area (Å²) in [5.74, 6) is 0.175. The summed E-state index contributed by atoms with van der Waals surface area (Å²) < 4.78 is 0.